The average Bonchev–Trinajstić information content (AvgIpc) is 2.63. The predicted molar refractivity (Wildman–Crippen MR) is 102 cm³/mol. The highest BCUT2D eigenvalue weighted by molar-refractivity contribution is 7.91. The van der Waals surface area contributed by atoms with Crippen LogP contribution < -0.4 is 0 Å². The minimum absolute atomic E-state index is 0.0312. The second-order valence-corrected chi connectivity index (χ2v) is 9.70. The molecule has 1 fully saturated rings. The van der Waals surface area contributed by atoms with Gasteiger partial charge in [-0.3, -0.25) is 0 Å². The van der Waals surface area contributed by atoms with E-state index in [1.807, 2.05) is 18.2 Å². The summed E-state index contributed by atoms with van der Waals surface area (Å²) in [6.07, 6.45) is 0.878. The first-order valence-electron chi connectivity index (χ1n) is 8.92. The van der Waals surface area contributed by atoms with Gasteiger partial charge in [0.15, 0.2) is 9.84 Å². The lowest BCUT2D eigenvalue weighted by atomic mass is 9.83. The lowest BCUT2D eigenvalue weighted by Crippen LogP contribution is -2.34. The van der Waals surface area contributed by atoms with Gasteiger partial charge < -0.3 is 4.74 Å². The minimum Gasteiger partial charge on any atom is -0.381 e. The van der Waals surface area contributed by atoms with E-state index in [0.29, 0.717) is 13.2 Å². The van der Waals surface area contributed by atoms with Crippen molar-refractivity contribution < 1.29 is 13.2 Å². The SMILES string of the molecule is CC(C)S(=O)(=O)C[C@H]1COCC[C@@H]1c1ccc(-c2ccccc2)cc1. The van der Waals surface area contributed by atoms with E-state index in [2.05, 4.69) is 36.4 Å². The molecule has 0 spiro atoms. The van der Waals surface area contributed by atoms with Gasteiger partial charge in [-0.25, -0.2) is 8.42 Å². The summed E-state index contributed by atoms with van der Waals surface area (Å²) in [5.41, 5.74) is 3.59. The van der Waals surface area contributed by atoms with Gasteiger partial charge >= 0.3 is 0 Å². The standard InChI is InChI=1S/C21H26O3S/c1-16(2)25(22,23)15-20-14-24-13-12-21(20)19-10-8-18(9-11-19)17-6-4-3-5-7-17/h3-11,16,20-21H,12-15H2,1-2H3/t20-,21-/m1/s1. The van der Waals surface area contributed by atoms with Crippen LogP contribution in [0, 0.1) is 5.92 Å². The van der Waals surface area contributed by atoms with Crippen LogP contribution >= 0.6 is 0 Å². The van der Waals surface area contributed by atoms with Gasteiger partial charge in [0.1, 0.15) is 0 Å². The molecular weight excluding hydrogens is 332 g/mol. The third kappa shape index (κ3) is 4.31. The van der Waals surface area contributed by atoms with E-state index in [0.717, 1.165) is 6.42 Å². The van der Waals surface area contributed by atoms with Crippen LogP contribution in [0.15, 0.2) is 54.6 Å². The van der Waals surface area contributed by atoms with Crippen molar-refractivity contribution in [1.82, 2.24) is 0 Å². The van der Waals surface area contributed by atoms with E-state index in [9.17, 15) is 8.42 Å². The zero-order valence-electron chi connectivity index (χ0n) is 14.9. The average molecular weight is 359 g/mol. The van der Waals surface area contributed by atoms with Crippen molar-refractivity contribution in [2.45, 2.75) is 31.4 Å². The summed E-state index contributed by atoms with van der Waals surface area (Å²) in [4.78, 5) is 0. The van der Waals surface area contributed by atoms with Crippen molar-refractivity contribution >= 4 is 9.84 Å². The molecule has 0 aliphatic carbocycles. The molecule has 1 aliphatic rings. The maximum absolute atomic E-state index is 12.4. The third-order valence-electron chi connectivity index (χ3n) is 5.08. The van der Waals surface area contributed by atoms with Crippen LogP contribution in [0.2, 0.25) is 0 Å². The summed E-state index contributed by atoms with van der Waals surface area (Å²) < 4.78 is 30.3. The van der Waals surface area contributed by atoms with Crippen LogP contribution in [0.3, 0.4) is 0 Å². The molecule has 2 aromatic carbocycles. The van der Waals surface area contributed by atoms with Crippen molar-refractivity contribution in [1.29, 1.82) is 0 Å². The fourth-order valence-electron chi connectivity index (χ4n) is 3.44. The molecule has 0 saturated carbocycles. The number of hydrogen-bond donors (Lipinski definition) is 0. The number of sulfone groups is 1. The topological polar surface area (TPSA) is 43.4 Å². The van der Waals surface area contributed by atoms with Gasteiger partial charge in [0.25, 0.3) is 0 Å². The zero-order chi connectivity index (χ0) is 17.9. The lowest BCUT2D eigenvalue weighted by molar-refractivity contribution is 0.0483. The van der Waals surface area contributed by atoms with Gasteiger partial charge in [-0.2, -0.15) is 0 Å². The van der Waals surface area contributed by atoms with Crippen molar-refractivity contribution in [2.75, 3.05) is 19.0 Å². The smallest absolute Gasteiger partial charge is 0.153 e. The third-order valence-corrected chi connectivity index (χ3v) is 7.41. The summed E-state index contributed by atoms with van der Waals surface area (Å²) in [6, 6.07) is 18.8. The first kappa shape index (κ1) is 18.2. The quantitative estimate of drug-likeness (QED) is 0.800. The fourth-order valence-corrected chi connectivity index (χ4v) is 4.75. The Hall–Kier alpha value is -1.65. The first-order chi connectivity index (χ1) is 12.0. The Morgan fingerprint density at radius 2 is 1.64 bits per heavy atom. The normalized spacial score (nSPS) is 21.4. The van der Waals surface area contributed by atoms with Crippen LogP contribution in [-0.4, -0.2) is 32.6 Å². The van der Waals surface area contributed by atoms with E-state index >= 15 is 0 Å². The Morgan fingerprint density at radius 1 is 1.00 bits per heavy atom. The Balaban J connectivity index is 1.81. The molecule has 1 heterocycles. The summed E-state index contributed by atoms with van der Waals surface area (Å²) >= 11 is 0. The molecule has 0 N–H and O–H groups in total. The first-order valence-corrected chi connectivity index (χ1v) is 10.6. The minimum atomic E-state index is -3.07. The molecule has 0 amide bonds. The van der Waals surface area contributed by atoms with Crippen LogP contribution in [0.4, 0.5) is 0 Å². The molecule has 134 valence electrons. The number of benzene rings is 2. The second kappa shape index (κ2) is 7.71. The molecule has 4 heteroatoms. The van der Waals surface area contributed by atoms with Gasteiger partial charge in [0, 0.05) is 12.5 Å². The van der Waals surface area contributed by atoms with Crippen LogP contribution in [0.25, 0.3) is 11.1 Å². The fraction of sp³-hybridized carbons (Fsp3) is 0.429. The number of rotatable bonds is 5. The second-order valence-electron chi connectivity index (χ2n) is 7.10. The summed E-state index contributed by atoms with van der Waals surface area (Å²) in [6.45, 7) is 4.73. The van der Waals surface area contributed by atoms with Crippen LogP contribution in [0.5, 0.6) is 0 Å². The molecule has 0 bridgehead atoms. The van der Waals surface area contributed by atoms with Gasteiger partial charge in [-0.15, -0.1) is 0 Å². The zero-order valence-corrected chi connectivity index (χ0v) is 15.7. The van der Waals surface area contributed by atoms with Gasteiger partial charge in [-0.1, -0.05) is 54.6 Å². The Labute approximate surface area is 151 Å². The molecule has 25 heavy (non-hydrogen) atoms. The highest BCUT2D eigenvalue weighted by Crippen LogP contribution is 2.34. The van der Waals surface area contributed by atoms with Gasteiger partial charge in [0.2, 0.25) is 0 Å². The summed E-state index contributed by atoms with van der Waals surface area (Å²) in [5, 5.41) is -0.337. The number of hydrogen-bond acceptors (Lipinski definition) is 3. The molecule has 3 rings (SSSR count). The Kier molecular flexibility index (Phi) is 5.60. The maximum atomic E-state index is 12.4. The summed E-state index contributed by atoms with van der Waals surface area (Å²) in [7, 11) is -3.07. The predicted octanol–water partition coefficient (Wildman–Crippen LogP) is 4.30. The van der Waals surface area contributed by atoms with Gasteiger partial charge in [-0.05, 0) is 42.9 Å². The molecular formula is C21H26O3S. The van der Waals surface area contributed by atoms with Crippen molar-refractivity contribution in [3.05, 3.63) is 60.2 Å². The van der Waals surface area contributed by atoms with Crippen molar-refractivity contribution in [3.63, 3.8) is 0 Å². The molecule has 3 nitrogen and oxygen atoms in total. The van der Waals surface area contributed by atoms with E-state index < -0.39 is 9.84 Å². The van der Waals surface area contributed by atoms with E-state index in [4.69, 9.17) is 4.74 Å². The molecule has 1 aliphatic heterocycles. The molecule has 0 aromatic heterocycles. The van der Waals surface area contributed by atoms with E-state index in [1.165, 1.54) is 16.7 Å². The maximum Gasteiger partial charge on any atom is 0.153 e. The Bertz CT molecular complexity index is 780. The van der Waals surface area contributed by atoms with Gasteiger partial charge in [0.05, 0.1) is 17.6 Å². The van der Waals surface area contributed by atoms with E-state index in [-0.39, 0.29) is 22.8 Å². The summed E-state index contributed by atoms with van der Waals surface area (Å²) in [5.74, 6) is 0.478. The molecule has 0 unspecified atom stereocenters. The molecule has 2 aromatic rings. The van der Waals surface area contributed by atoms with Crippen LogP contribution in [-0.2, 0) is 14.6 Å². The molecule has 1 saturated heterocycles. The number of ether oxygens (including phenoxy) is 1. The molecule has 2 atom stereocenters. The van der Waals surface area contributed by atoms with Crippen LogP contribution in [0.1, 0.15) is 31.7 Å². The highest BCUT2D eigenvalue weighted by atomic mass is 32.2. The van der Waals surface area contributed by atoms with Crippen molar-refractivity contribution in [3.8, 4) is 11.1 Å². The van der Waals surface area contributed by atoms with E-state index in [1.54, 1.807) is 13.8 Å². The van der Waals surface area contributed by atoms with Crippen molar-refractivity contribution in [2.24, 2.45) is 5.92 Å². The monoisotopic (exact) mass is 358 g/mol. The Morgan fingerprint density at radius 3 is 2.28 bits per heavy atom. The lowest BCUT2D eigenvalue weighted by Gasteiger charge is -2.32. The molecule has 0 radical (unpaired) electrons. The largest absolute Gasteiger partial charge is 0.381 e. The highest BCUT2D eigenvalue weighted by Gasteiger charge is 2.32.